The average Bonchev–Trinajstić information content (AvgIpc) is 2.72. The molecule has 1 fully saturated rings. The summed E-state index contributed by atoms with van der Waals surface area (Å²) < 4.78 is 6.16. The summed E-state index contributed by atoms with van der Waals surface area (Å²) in [6.45, 7) is 5.53. The number of rotatable bonds is 3. The van der Waals surface area contributed by atoms with Crippen molar-refractivity contribution in [1.82, 2.24) is 4.90 Å². The fourth-order valence-electron chi connectivity index (χ4n) is 3.46. The summed E-state index contributed by atoms with van der Waals surface area (Å²) in [7, 11) is 0. The molecule has 0 saturated carbocycles. The number of hydrogen-bond donors (Lipinski definition) is 1. The van der Waals surface area contributed by atoms with Gasteiger partial charge >= 0.3 is 0 Å². The first-order valence-electron chi connectivity index (χ1n) is 8.10. The molecule has 1 aromatic carbocycles. The number of nitrogens with zero attached hydrogens (tertiary/aromatic N) is 1. The molecule has 1 saturated heterocycles. The minimum absolute atomic E-state index is 0.275. The average molecular weight is 274 g/mol. The molecule has 0 bridgehead atoms. The van der Waals surface area contributed by atoms with Gasteiger partial charge in [0.15, 0.2) is 0 Å². The van der Waals surface area contributed by atoms with Gasteiger partial charge in [0.05, 0.1) is 12.2 Å². The predicted octanol–water partition coefficient (Wildman–Crippen LogP) is 3.51. The lowest BCUT2D eigenvalue weighted by Crippen LogP contribution is -2.45. The molecule has 0 aromatic heterocycles. The van der Waals surface area contributed by atoms with Crippen LogP contribution in [0.5, 0.6) is 5.75 Å². The lowest BCUT2D eigenvalue weighted by Gasteiger charge is -2.35. The van der Waals surface area contributed by atoms with Crippen molar-refractivity contribution in [3.63, 3.8) is 0 Å². The smallest absolute Gasteiger partial charge is 0.142 e. The molecule has 2 unspecified atom stereocenters. The molecule has 110 valence electrons. The first-order chi connectivity index (χ1) is 9.86. The maximum Gasteiger partial charge on any atom is 0.142 e. The minimum Gasteiger partial charge on any atom is -0.485 e. The molecule has 20 heavy (non-hydrogen) atoms. The van der Waals surface area contributed by atoms with Crippen LogP contribution in [0.25, 0.3) is 0 Å². The van der Waals surface area contributed by atoms with Gasteiger partial charge in [-0.05, 0) is 37.9 Å². The second-order valence-corrected chi connectivity index (χ2v) is 6.02. The molecule has 1 aromatic rings. The van der Waals surface area contributed by atoms with Crippen molar-refractivity contribution in [1.29, 1.82) is 0 Å². The Hall–Kier alpha value is -1.22. The van der Waals surface area contributed by atoms with E-state index in [0.29, 0.717) is 0 Å². The largest absolute Gasteiger partial charge is 0.485 e. The van der Waals surface area contributed by atoms with Crippen molar-refractivity contribution < 1.29 is 4.74 Å². The number of nitrogens with one attached hydrogen (secondary N) is 1. The fourth-order valence-corrected chi connectivity index (χ4v) is 3.46. The van der Waals surface area contributed by atoms with Gasteiger partial charge in [0.1, 0.15) is 11.9 Å². The number of anilines is 1. The predicted molar refractivity (Wildman–Crippen MR) is 83.5 cm³/mol. The molecule has 2 aliphatic heterocycles. The first-order valence-corrected chi connectivity index (χ1v) is 8.10. The molecule has 1 N–H and O–H groups in total. The van der Waals surface area contributed by atoms with E-state index in [-0.39, 0.29) is 6.10 Å². The van der Waals surface area contributed by atoms with Crippen LogP contribution in [0.15, 0.2) is 24.3 Å². The van der Waals surface area contributed by atoms with E-state index >= 15 is 0 Å². The molecule has 2 heterocycles. The van der Waals surface area contributed by atoms with Crippen LogP contribution in [-0.2, 0) is 0 Å². The number of ether oxygens (including phenoxy) is 1. The van der Waals surface area contributed by atoms with Gasteiger partial charge in [0.25, 0.3) is 0 Å². The highest BCUT2D eigenvalue weighted by Gasteiger charge is 2.25. The summed E-state index contributed by atoms with van der Waals surface area (Å²) >= 11 is 0. The number of fused-ring (bicyclic) bond motifs is 1. The molecule has 0 aliphatic carbocycles. The van der Waals surface area contributed by atoms with Gasteiger partial charge in [0, 0.05) is 12.6 Å². The van der Waals surface area contributed by atoms with Crippen LogP contribution >= 0.6 is 0 Å². The molecule has 0 spiro atoms. The van der Waals surface area contributed by atoms with Crippen molar-refractivity contribution in [3.8, 4) is 5.75 Å². The summed E-state index contributed by atoms with van der Waals surface area (Å²) in [6.07, 6.45) is 7.01. The van der Waals surface area contributed by atoms with Gasteiger partial charge in [-0.2, -0.15) is 0 Å². The summed E-state index contributed by atoms with van der Waals surface area (Å²) in [5.41, 5.74) is 1.13. The third-order valence-corrected chi connectivity index (χ3v) is 4.61. The topological polar surface area (TPSA) is 24.5 Å². The molecule has 2 atom stereocenters. The van der Waals surface area contributed by atoms with E-state index in [1.54, 1.807) is 0 Å². The maximum absolute atomic E-state index is 6.16. The fraction of sp³-hybridized carbons (Fsp3) is 0.647. The highest BCUT2D eigenvalue weighted by molar-refractivity contribution is 5.57. The zero-order valence-electron chi connectivity index (χ0n) is 12.5. The second kappa shape index (κ2) is 6.49. The number of likely N-dealkylation sites (tertiary alicyclic amines) is 1. The van der Waals surface area contributed by atoms with Gasteiger partial charge in [-0.3, -0.25) is 4.90 Å². The standard InChI is InChI=1S/C17H26N2O/c1-2-14-8-4-3-7-11-19(14)13-15-12-18-16-9-5-6-10-17(16)20-15/h5-6,9-10,14-15,18H,2-4,7-8,11-13H2,1H3. The van der Waals surface area contributed by atoms with Crippen LogP contribution in [0.4, 0.5) is 5.69 Å². The number of hydrogen-bond acceptors (Lipinski definition) is 3. The molecule has 0 amide bonds. The van der Waals surface area contributed by atoms with Crippen molar-refractivity contribution in [3.05, 3.63) is 24.3 Å². The van der Waals surface area contributed by atoms with Crippen LogP contribution in [0.2, 0.25) is 0 Å². The Labute approximate surface area is 122 Å². The molecule has 3 rings (SSSR count). The van der Waals surface area contributed by atoms with Crippen molar-refractivity contribution in [2.45, 2.75) is 51.2 Å². The maximum atomic E-state index is 6.16. The normalized spacial score (nSPS) is 27.1. The van der Waals surface area contributed by atoms with E-state index in [4.69, 9.17) is 4.74 Å². The lowest BCUT2D eigenvalue weighted by molar-refractivity contribution is 0.105. The number of para-hydroxylation sites is 2. The Balaban J connectivity index is 1.63. The summed E-state index contributed by atoms with van der Waals surface area (Å²) in [4.78, 5) is 2.66. The van der Waals surface area contributed by atoms with Crippen LogP contribution in [0, 0.1) is 0 Å². The van der Waals surface area contributed by atoms with Crippen molar-refractivity contribution in [2.24, 2.45) is 0 Å². The molecule has 0 radical (unpaired) electrons. The van der Waals surface area contributed by atoms with E-state index in [0.717, 1.165) is 30.6 Å². The summed E-state index contributed by atoms with van der Waals surface area (Å²) in [5.74, 6) is 1.01. The Morgan fingerprint density at radius 2 is 2.15 bits per heavy atom. The zero-order chi connectivity index (χ0) is 13.8. The lowest BCUT2D eigenvalue weighted by atomic mass is 10.1. The minimum atomic E-state index is 0.275. The van der Waals surface area contributed by atoms with Gasteiger partial charge < -0.3 is 10.1 Å². The molecule has 3 heteroatoms. The zero-order valence-corrected chi connectivity index (χ0v) is 12.5. The summed E-state index contributed by atoms with van der Waals surface area (Å²) in [5, 5.41) is 3.50. The Bertz CT molecular complexity index is 435. The molecular weight excluding hydrogens is 248 g/mol. The Morgan fingerprint density at radius 1 is 1.25 bits per heavy atom. The van der Waals surface area contributed by atoms with Gasteiger partial charge in [0.2, 0.25) is 0 Å². The first kappa shape index (κ1) is 13.7. The van der Waals surface area contributed by atoms with Crippen molar-refractivity contribution in [2.75, 3.05) is 25.0 Å². The molecular formula is C17H26N2O. The Morgan fingerprint density at radius 3 is 3.05 bits per heavy atom. The van der Waals surface area contributed by atoms with Crippen LogP contribution in [0.1, 0.15) is 39.0 Å². The van der Waals surface area contributed by atoms with E-state index in [2.05, 4.69) is 35.3 Å². The third-order valence-electron chi connectivity index (χ3n) is 4.61. The van der Waals surface area contributed by atoms with E-state index in [1.807, 2.05) is 6.07 Å². The SMILES string of the molecule is CCC1CCCCCN1CC1CNc2ccccc2O1. The van der Waals surface area contributed by atoms with Crippen LogP contribution < -0.4 is 10.1 Å². The van der Waals surface area contributed by atoms with E-state index in [9.17, 15) is 0 Å². The molecule has 2 aliphatic rings. The van der Waals surface area contributed by atoms with Crippen LogP contribution in [0.3, 0.4) is 0 Å². The monoisotopic (exact) mass is 274 g/mol. The quantitative estimate of drug-likeness (QED) is 0.913. The Kier molecular flexibility index (Phi) is 4.46. The highest BCUT2D eigenvalue weighted by atomic mass is 16.5. The highest BCUT2D eigenvalue weighted by Crippen LogP contribution is 2.29. The number of benzene rings is 1. The van der Waals surface area contributed by atoms with E-state index in [1.165, 1.54) is 38.6 Å². The second-order valence-electron chi connectivity index (χ2n) is 6.02. The van der Waals surface area contributed by atoms with Gasteiger partial charge in [-0.1, -0.05) is 31.9 Å². The van der Waals surface area contributed by atoms with Gasteiger partial charge in [-0.15, -0.1) is 0 Å². The van der Waals surface area contributed by atoms with Gasteiger partial charge in [-0.25, -0.2) is 0 Å². The van der Waals surface area contributed by atoms with E-state index < -0.39 is 0 Å². The summed E-state index contributed by atoms with van der Waals surface area (Å²) in [6, 6.07) is 9.00. The third kappa shape index (κ3) is 3.09. The van der Waals surface area contributed by atoms with Crippen molar-refractivity contribution >= 4 is 5.69 Å². The van der Waals surface area contributed by atoms with Crippen LogP contribution in [-0.4, -0.2) is 36.7 Å². The molecule has 3 nitrogen and oxygen atoms in total.